The highest BCUT2D eigenvalue weighted by Crippen LogP contribution is 2.48. The number of nitrogen functional groups attached to an aromatic ring is 1. The Morgan fingerprint density at radius 1 is 1.50 bits per heavy atom. The number of aromatic nitrogens is 1. The van der Waals surface area contributed by atoms with Crippen molar-refractivity contribution < 1.29 is 27.8 Å². The zero-order valence-corrected chi connectivity index (χ0v) is 10.4. The second kappa shape index (κ2) is 4.93. The van der Waals surface area contributed by atoms with E-state index in [-0.39, 0.29) is 18.7 Å². The summed E-state index contributed by atoms with van der Waals surface area (Å²) in [5.41, 5.74) is 2.37. The molecule has 2 rings (SSSR count). The highest BCUT2D eigenvalue weighted by Gasteiger charge is 2.68. The van der Waals surface area contributed by atoms with Gasteiger partial charge < -0.3 is 15.6 Å². The van der Waals surface area contributed by atoms with E-state index in [1.807, 2.05) is 0 Å². The maximum atomic E-state index is 12.9. The molecule has 0 saturated heterocycles. The summed E-state index contributed by atoms with van der Waals surface area (Å²) in [4.78, 5) is 15.3. The number of halogens is 3. The summed E-state index contributed by atoms with van der Waals surface area (Å²) in [7, 11) is 0. The zero-order valence-electron chi connectivity index (χ0n) is 10.4. The first-order valence-corrected chi connectivity index (χ1v) is 5.92. The summed E-state index contributed by atoms with van der Waals surface area (Å²) < 4.78 is 43.1. The van der Waals surface area contributed by atoms with E-state index in [9.17, 15) is 23.1 Å². The van der Waals surface area contributed by atoms with Crippen LogP contribution < -0.4 is 5.73 Å². The summed E-state index contributed by atoms with van der Waals surface area (Å²) >= 11 is 0. The van der Waals surface area contributed by atoms with Gasteiger partial charge >= 0.3 is 12.1 Å². The van der Waals surface area contributed by atoms with Crippen molar-refractivity contribution in [3.63, 3.8) is 0 Å². The molecule has 0 aromatic carbocycles. The molecule has 0 aliphatic heterocycles. The maximum Gasteiger partial charge on any atom is 0.428 e. The number of carbonyl (C=O) groups is 1. The lowest BCUT2D eigenvalue weighted by Crippen LogP contribution is -2.54. The van der Waals surface area contributed by atoms with Gasteiger partial charge in [-0.25, -0.2) is 9.78 Å². The van der Waals surface area contributed by atoms with E-state index in [0.717, 1.165) is 0 Å². The van der Waals surface area contributed by atoms with Crippen molar-refractivity contribution in [1.82, 2.24) is 4.98 Å². The van der Waals surface area contributed by atoms with Gasteiger partial charge in [0.15, 0.2) is 0 Å². The first kappa shape index (κ1) is 14.6. The van der Waals surface area contributed by atoms with Crippen LogP contribution >= 0.6 is 0 Å². The fraction of sp³-hybridized carbons (Fsp3) is 0.500. The third-order valence-corrected chi connectivity index (χ3v) is 3.13. The van der Waals surface area contributed by atoms with Crippen LogP contribution in [0.5, 0.6) is 0 Å². The standard InChI is InChI=1S/C12H13F3N2O3/c13-12(14,15)11(19,8-1-2-8)10(18)20-6-7-3-4-17-9(16)5-7/h3-5,8,19H,1-2,6H2,(H2,16,17). The predicted octanol–water partition coefficient (Wildman–Crippen LogP) is 1.41. The molecular formula is C12H13F3N2O3. The number of hydrogen-bond donors (Lipinski definition) is 2. The van der Waals surface area contributed by atoms with Crippen LogP contribution in [0.3, 0.4) is 0 Å². The summed E-state index contributed by atoms with van der Waals surface area (Å²) in [5.74, 6) is -2.65. The molecule has 3 N–H and O–H groups in total. The van der Waals surface area contributed by atoms with Gasteiger partial charge in [-0.05, 0) is 30.5 Å². The van der Waals surface area contributed by atoms with Gasteiger partial charge in [-0.15, -0.1) is 0 Å². The molecule has 0 spiro atoms. The van der Waals surface area contributed by atoms with Crippen molar-refractivity contribution in [2.45, 2.75) is 31.2 Å². The predicted molar refractivity (Wildman–Crippen MR) is 62.2 cm³/mol. The lowest BCUT2D eigenvalue weighted by molar-refractivity contribution is -0.270. The quantitative estimate of drug-likeness (QED) is 0.819. The topological polar surface area (TPSA) is 85.4 Å². The Bertz CT molecular complexity index is 517. The Morgan fingerprint density at radius 2 is 2.15 bits per heavy atom. The molecule has 1 atom stereocenters. The normalized spacial score (nSPS) is 18.4. The molecule has 1 aliphatic rings. The van der Waals surface area contributed by atoms with Crippen molar-refractivity contribution in [2.75, 3.05) is 5.73 Å². The number of aliphatic hydroxyl groups is 1. The summed E-state index contributed by atoms with van der Waals surface area (Å²) in [6.45, 7) is -0.406. The molecule has 1 aromatic heterocycles. The van der Waals surface area contributed by atoms with Crippen LogP contribution in [-0.4, -0.2) is 27.8 Å². The number of pyridine rings is 1. The van der Waals surface area contributed by atoms with Gasteiger partial charge in [0, 0.05) is 12.1 Å². The fourth-order valence-electron chi connectivity index (χ4n) is 1.86. The first-order chi connectivity index (χ1) is 9.25. The monoisotopic (exact) mass is 290 g/mol. The van der Waals surface area contributed by atoms with E-state index in [1.165, 1.54) is 18.3 Å². The molecule has 1 aromatic rings. The molecule has 8 heteroatoms. The molecular weight excluding hydrogens is 277 g/mol. The summed E-state index contributed by atoms with van der Waals surface area (Å²) in [6.07, 6.45) is -3.42. The fourth-order valence-corrected chi connectivity index (χ4v) is 1.86. The Balaban J connectivity index is 2.07. The average molecular weight is 290 g/mol. The average Bonchev–Trinajstić information content (AvgIpc) is 3.18. The molecule has 0 radical (unpaired) electrons. The summed E-state index contributed by atoms with van der Waals surface area (Å²) in [5, 5.41) is 9.65. The van der Waals surface area contributed by atoms with Gasteiger partial charge in [-0.1, -0.05) is 0 Å². The maximum absolute atomic E-state index is 12.9. The molecule has 0 bridgehead atoms. The van der Waals surface area contributed by atoms with Crippen molar-refractivity contribution in [3.8, 4) is 0 Å². The molecule has 0 amide bonds. The number of nitrogens with two attached hydrogens (primary N) is 1. The highest BCUT2D eigenvalue weighted by atomic mass is 19.4. The molecule has 1 unspecified atom stereocenters. The van der Waals surface area contributed by atoms with Gasteiger partial charge in [0.1, 0.15) is 12.4 Å². The number of hydrogen-bond acceptors (Lipinski definition) is 5. The second-order valence-electron chi connectivity index (χ2n) is 4.70. The third-order valence-electron chi connectivity index (χ3n) is 3.13. The number of esters is 1. The smallest absolute Gasteiger partial charge is 0.428 e. The Morgan fingerprint density at radius 3 is 2.65 bits per heavy atom. The lowest BCUT2D eigenvalue weighted by atomic mass is 9.97. The second-order valence-corrected chi connectivity index (χ2v) is 4.70. The lowest BCUT2D eigenvalue weighted by Gasteiger charge is -2.28. The molecule has 110 valence electrons. The van der Waals surface area contributed by atoms with Crippen LogP contribution in [0.15, 0.2) is 18.3 Å². The van der Waals surface area contributed by atoms with E-state index < -0.39 is 30.3 Å². The number of alkyl halides is 3. The van der Waals surface area contributed by atoms with Crippen molar-refractivity contribution in [2.24, 2.45) is 5.92 Å². The summed E-state index contributed by atoms with van der Waals surface area (Å²) in [6, 6.07) is 2.82. The van der Waals surface area contributed by atoms with Gasteiger partial charge in [0.05, 0.1) is 0 Å². The minimum Gasteiger partial charge on any atom is -0.458 e. The van der Waals surface area contributed by atoms with E-state index in [4.69, 9.17) is 5.73 Å². The van der Waals surface area contributed by atoms with Crippen LogP contribution in [0.25, 0.3) is 0 Å². The van der Waals surface area contributed by atoms with Crippen LogP contribution in [0.1, 0.15) is 18.4 Å². The number of ether oxygens (including phenoxy) is 1. The number of anilines is 1. The SMILES string of the molecule is Nc1cc(COC(=O)C(O)(C2CC2)C(F)(F)F)ccn1. The third kappa shape index (κ3) is 2.69. The Hall–Kier alpha value is -1.83. The van der Waals surface area contributed by atoms with Crippen LogP contribution in [-0.2, 0) is 16.1 Å². The number of nitrogens with zero attached hydrogens (tertiary/aromatic N) is 1. The number of carbonyl (C=O) groups excluding carboxylic acids is 1. The van der Waals surface area contributed by atoms with E-state index in [2.05, 4.69) is 9.72 Å². The van der Waals surface area contributed by atoms with Crippen LogP contribution in [0.2, 0.25) is 0 Å². The zero-order chi connectivity index (χ0) is 15.0. The largest absolute Gasteiger partial charge is 0.458 e. The van der Waals surface area contributed by atoms with Gasteiger partial charge in [-0.3, -0.25) is 0 Å². The highest BCUT2D eigenvalue weighted by molar-refractivity contribution is 5.81. The van der Waals surface area contributed by atoms with Gasteiger partial charge in [0.25, 0.3) is 5.60 Å². The Kier molecular flexibility index (Phi) is 3.59. The van der Waals surface area contributed by atoms with Crippen molar-refractivity contribution in [1.29, 1.82) is 0 Å². The van der Waals surface area contributed by atoms with Gasteiger partial charge in [0.2, 0.25) is 0 Å². The minimum atomic E-state index is -5.05. The van der Waals surface area contributed by atoms with Gasteiger partial charge in [-0.2, -0.15) is 13.2 Å². The molecule has 20 heavy (non-hydrogen) atoms. The van der Waals surface area contributed by atoms with E-state index >= 15 is 0 Å². The van der Waals surface area contributed by atoms with Crippen LogP contribution in [0.4, 0.5) is 19.0 Å². The minimum absolute atomic E-state index is 0.146. The van der Waals surface area contributed by atoms with E-state index in [0.29, 0.717) is 5.56 Å². The first-order valence-electron chi connectivity index (χ1n) is 5.92. The Labute approximate surface area is 112 Å². The van der Waals surface area contributed by atoms with Crippen LogP contribution in [0, 0.1) is 5.92 Å². The molecule has 5 nitrogen and oxygen atoms in total. The molecule has 1 aliphatic carbocycles. The molecule has 1 fully saturated rings. The number of rotatable bonds is 4. The van der Waals surface area contributed by atoms with Crippen molar-refractivity contribution in [3.05, 3.63) is 23.9 Å². The molecule has 1 saturated carbocycles. The van der Waals surface area contributed by atoms with Crippen molar-refractivity contribution >= 4 is 11.8 Å². The van der Waals surface area contributed by atoms with E-state index in [1.54, 1.807) is 0 Å². The molecule has 1 heterocycles.